The van der Waals surface area contributed by atoms with Crippen LogP contribution in [0.5, 0.6) is 23.0 Å². The number of phenolic OH excluding ortho intramolecular Hbond substituents is 2. The van der Waals surface area contributed by atoms with Crippen molar-refractivity contribution in [3.8, 4) is 23.0 Å². The fourth-order valence-electron chi connectivity index (χ4n) is 2.23. The van der Waals surface area contributed by atoms with E-state index in [0.29, 0.717) is 5.75 Å². The Labute approximate surface area is 118 Å². The van der Waals surface area contributed by atoms with Crippen LogP contribution in [0.25, 0.3) is 21.9 Å². The molecule has 0 unspecified atom stereocenters. The van der Waals surface area contributed by atoms with E-state index in [-0.39, 0.29) is 39.2 Å². The van der Waals surface area contributed by atoms with Crippen molar-refractivity contribution >= 4 is 21.9 Å². The van der Waals surface area contributed by atoms with Crippen LogP contribution in [0, 0.1) is 0 Å². The van der Waals surface area contributed by atoms with Crippen LogP contribution in [0.3, 0.4) is 0 Å². The predicted molar refractivity (Wildman–Crippen MR) is 76.4 cm³/mol. The summed E-state index contributed by atoms with van der Waals surface area (Å²) in [6, 6.07) is 5.88. The van der Waals surface area contributed by atoms with Gasteiger partial charge in [-0.05, 0) is 18.2 Å². The molecule has 1 heterocycles. The predicted octanol–water partition coefficient (Wildman–Crippen LogP) is 2.37. The van der Waals surface area contributed by atoms with Crippen LogP contribution in [-0.2, 0) is 0 Å². The topological polar surface area (TPSA) is 89.1 Å². The normalized spacial score (nSPS) is 11.0. The van der Waals surface area contributed by atoms with Gasteiger partial charge in [-0.3, -0.25) is 4.79 Å². The largest absolute Gasteiger partial charge is 0.507 e. The summed E-state index contributed by atoms with van der Waals surface area (Å²) >= 11 is 0. The van der Waals surface area contributed by atoms with Gasteiger partial charge in [-0.2, -0.15) is 0 Å². The minimum absolute atomic E-state index is 0.0241. The Morgan fingerprint density at radius 1 is 1.10 bits per heavy atom. The summed E-state index contributed by atoms with van der Waals surface area (Å²) in [5.41, 5.74) is -0.300. The first-order chi connectivity index (χ1) is 10.1. The molecule has 0 atom stereocenters. The maximum atomic E-state index is 12.5. The standard InChI is InChI=1S/C15H12O6/c1-19-7-3-4-10-8(5-7)13(17)12-9(16)6-11(20-2)14(18)15(12)21-10/h3-6,16,18H,1-2H3. The maximum absolute atomic E-state index is 12.5. The molecule has 0 amide bonds. The molecule has 2 aromatic carbocycles. The second kappa shape index (κ2) is 4.59. The molecule has 0 spiro atoms. The van der Waals surface area contributed by atoms with Crippen LogP contribution < -0.4 is 14.9 Å². The van der Waals surface area contributed by atoms with Crippen molar-refractivity contribution in [3.05, 3.63) is 34.5 Å². The van der Waals surface area contributed by atoms with Gasteiger partial charge in [-0.1, -0.05) is 0 Å². The molecule has 1 aromatic heterocycles. The highest BCUT2D eigenvalue weighted by atomic mass is 16.5. The number of rotatable bonds is 2. The second-order valence-electron chi connectivity index (χ2n) is 4.44. The van der Waals surface area contributed by atoms with E-state index in [9.17, 15) is 15.0 Å². The Bertz CT molecular complexity index is 910. The maximum Gasteiger partial charge on any atom is 0.204 e. The average Bonchev–Trinajstić information content (AvgIpc) is 2.50. The lowest BCUT2D eigenvalue weighted by Crippen LogP contribution is -2.03. The van der Waals surface area contributed by atoms with E-state index in [0.717, 1.165) is 0 Å². The Morgan fingerprint density at radius 3 is 2.52 bits per heavy atom. The van der Waals surface area contributed by atoms with Crippen molar-refractivity contribution in [2.45, 2.75) is 0 Å². The number of hydrogen-bond donors (Lipinski definition) is 2. The number of benzene rings is 2. The van der Waals surface area contributed by atoms with Gasteiger partial charge in [-0.25, -0.2) is 0 Å². The molecular formula is C15H12O6. The highest BCUT2D eigenvalue weighted by Crippen LogP contribution is 2.40. The second-order valence-corrected chi connectivity index (χ2v) is 4.44. The monoisotopic (exact) mass is 288 g/mol. The molecule has 0 saturated carbocycles. The number of methoxy groups -OCH3 is 2. The Morgan fingerprint density at radius 2 is 1.86 bits per heavy atom. The van der Waals surface area contributed by atoms with E-state index in [1.54, 1.807) is 12.1 Å². The van der Waals surface area contributed by atoms with Crippen LogP contribution >= 0.6 is 0 Å². The number of fused-ring (bicyclic) bond motifs is 2. The zero-order chi connectivity index (χ0) is 15.1. The Kier molecular flexibility index (Phi) is 2.86. The van der Waals surface area contributed by atoms with Crippen LogP contribution in [0.4, 0.5) is 0 Å². The zero-order valence-corrected chi connectivity index (χ0v) is 11.3. The first-order valence-corrected chi connectivity index (χ1v) is 6.10. The number of aromatic hydroxyl groups is 2. The first-order valence-electron chi connectivity index (χ1n) is 6.10. The Hall–Kier alpha value is -2.89. The SMILES string of the molecule is COc1ccc2oc3c(O)c(OC)cc(O)c3c(=O)c2c1. The van der Waals surface area contributed by atoms with E-state index >= 15 is 0 Å². The number of phenols is 2. The van der Waals surface area contributed by atoms with E-state index in [4.69, 9.17) is 13.9 Å². The molecule has 6 heteroatoms. The van der Waals surface area contributed by atoms with Gasteiger partial charge in [0.15, 0.2) is 11.3 Å². The van der Waals surface area contributed by atoms with Crippen molar-refractivity contribution in [2.24, 2.45) is 0 Å². The molecule has 108 valence electrons. The summed E-state index contributed by atoms with van der Waals surface area (Å²) in [6.45, 7) is 0. The third-order valence-electron chi connectivity index (χ3n) is 3.29. The van der Waals surface area contributed by atoms with Gasteiger partial charge in [0, 0.05) is 6.07 Å². The van der Waals surface area contributed by atoms with E-state index in [2.05, 4.69) is 0 Å². The Balaban J connectivity index is 2.53. The molecular weight excluding hydrogens is 276 g/mol. The molecule has 0 radical (unpaired) electrons. The van der Waals surface area contributed by atoms with Crippen molar-refractivity contribution in [1.82, 2.24) is 0 Å². The van der Waals surface area contributed by atoms with Crippen molar-refractivity contribution < 1.29 is 24.1 Å². The van der Waals surface area contributed by atoms with Crippen molar-refractivity contribution in [3.63, 3.8) is 0 Å². The molecule has 0 aliphatic carbocycles. The highest BCUT2D eigenvalue weighted by Gasteiger charge is 2.19. The lowest BCUT2D eigenvalue weighted by molar-refractivity contribution is 0.368. The molecule has 0 aliphatic rings. The minimum atomic E-state index is -0.458. The summed E-state index contributed by atoms with van der Waals surface area (Å²) in [5.74, 6) is -0.138. The lowest BCUT2D eigenvalue weighted by Gasteiger charge is -2.09. The molecule has 6 nitrogen and oxygen atoms in total. The van der Waals surface area contributed by atoms with Crippen LogP contribution in [0.2, 0.25) is 0 Å². The summed E-state index contributed by atoms with van der Waals surface area (Å²) in [5, 5.41) is 20.2. The molecule has 0 saturated heterocycles. The molecule has 0 fully saturated rings. The van der Waals surface area contributed by atoms with Gasteiger partial charge < -0.3 is 24.1 Å². The number of hydrogen-bond acceptors (Lipinski definition) is 6. The van der Waals surface area contributed by atoms with Crippen LogP contribution in [-0.4, -0.2) is 24.4 Å². The molecule has 21 heavy (non-hydrogen) atoms. The average molecular weight is 288 g/mol. The third-order valence-corrected chi connectivity index (χ3v) is 3.29. The smallest absolute Gasteiger partial charge is 0.204 e. The fraction of sp³-hybridized carbons (Fsp3) is 0.133. The van der Waals surface area contributed by atoms with Gasteiger partial charge in [0.2, 0.25) is 11.2 Å². The van der Waals surface area contributed by atoms with Crippen LogP contribution in [0.1, 0.15) is 0 Å². The van der Waals surface area contributed by atoms with E-state index in [1.807, 2.05) is 0 Å². The fourth-order valence-corrected chi connectivity index (χ4v) is 2.23. The minimum Gasteiger partial charge on any atom is -0.507 e. The van der Waals surface area contributed by atoms with E-state index in [1.165, 1.54) is 26.4 Å². The van der Waals surface area contributed by atoms with E-state index < -0.39 is 5.43 Å². The van der Waals surface area contributed by atoms with Crippen molar-refractivity contribution in [2.75, 3.05) is 14.2 Å². The molecule has 3 rings (SSSR count). The number of ether oxygens (including phenoxy) is 2. The lowest BCUT2D eigenvalue weighted by atomic mass is 10.1. The summed E-state index contributed by atoms with van der Waals surface area (Å²) in [6.07, 6.45) is 0. The summed E-state index contributed by atoms with van der Waals surface area (Å²) in [4.78, 5) is 12.5. The quantitative estimate of drug-likeness (QED) is 0.556. The summed E-state index contributed by atoms with van der Waals surface area (Å²) in [7, 11) is 2.82. The first kappa shape index (κ1) is 13.1. The van der Waals surface area contributed by atoms with Gasteiger partial charge >= 0.3 is 0 Å². The third kappa shape index (κ3) is 1.84. The highest BCUT2D eigenvalue weighted by molar-refractivity contribution is 5.97. The van der Waals surface area contributed by atoms with Gasteiger partial charge in [0.05, 0.1) is 19.6 Å². The molecule has 0 bridgehead atoms. The zero-order valence-electron chi connectivity index (χ0n) is 11.3. The van der Waals surface area contributed by atoms with Gasteiger partial charge in [0.1, 0.15) is 22.5 Å². The molecule has 2 N–H and O–H groups in total. The van der Waals surface area contributed by atoms with Crippen molar-refractivity contribution in [1.29, 1.82) is 0 Å². The molecule has 0 aliphatic heterocycles. The van der Waals surface area contributed by atoms with Gasteiger partial charge in [-0.15, -0.1) is 0 Å². The van der Waals surface area contributed by atoms with Gasteiger partial charge in [0.25, 0.3) is 0 Å². The molecule has 3 aromatic rings. The van der Waals surface area contributed by atoms with Crippen LogP contribution in [0.15, 0.2) is 33.5 Å². The summed E-state index contributed by atoms with van der Waals surface area (Å²) < 4.78 is 15.5.